The van der Waals surface area contributed by atoms with Crippen LogP contribution in [0.15, 0.2) is 0 Å². The van der Waals surface area contributed by atoms with Gasteiger partial charge < -0.3 is 10.1 Å². The van der Waals surface area contributed by atoms with Gasteiger partial charge in [-0.25, -0.2) is 4.98 Å². The van der Waals surface area contributed by atoms with E-state index < -0.39 is 0 Å². The van der Waals surface area contributed by atoms with Crippen LogP contribution in [-0.2, 0) is 18.2 Å². The number of rotatable bonds is 4. The number of nitrogens with one attached hydrogen (secondary N) is 1. The highest BCUT2D eigenvalue weighted by atomic mass is 16.5. The molecule has 2 heterocycles. The van der Waals surface area contributed by atoms with E-state index in [1.807, 2.05) is 18.8 Å². The standard InChI is InChI=1S/C11H20N4O/c1-12-6-3-10-13-11(14-15(10)2)9-4-7-16-8-5-9/h9,12H,3-8H2,1-2H3. The van der Waals surface area contributed by atoms with Gasteiger partial charge >= 0.3 is 0 Å². The van der Waals surface area contributed by atoms with Gasteiger partial charge in [0, 0.05) is 39.1 Å². The molecule has 0 unspecified atom stereocenters. The monoisotopic (exact) mass is 224 g/mol. The summed E-state index contributed by atoms with van der Waals surface area (Å²) in [6, 6.07) is 0. The Bertz CT molecular complexity index is 331. The van der Waals surface area contributed by atoms with E-state index in [9.17, 15) is 0 Å². The lowest BCUT2D eigenvalue weighted by Crippen LogP contribution is -2.15. The molecule has 0 aliphatic carbocycles. The third kappa shape index (κ3) is 2.59. The predicted octanol–water partition coefficient (Wildman–Crippen LogP) is 0.471. The SMILES string of the molecule is CNCCc1nc(C2CCOCC2)nn1C. The quantitative estimate of drug-likeness (QED) is 0.808. The minimum atomic E-state index is 0.489. The van der Waals surface area contributed by atoms with Crippen LogP contribution in [0.1, 0.15) is 30.4 Å². The molecule has 1 fully saturated rings. The molecule has 0 bridgehead atoms. The largest absolute Gasteiger partial charge is 0.381 e. The van der Waals surface area contributed by atoms with Crippen molar-refractivity contribution < 1.29 is 4.74 Å². The molecule has 0 aromatic carbocycles. The van der Waals surface area contributed by atoms with E-state index in [1.165, 1.54) is 0 Å². The summed E-state index contributed by atoms with van der Waals surface area (Å²) in [5.41, 5.74) is 0. The number of aromatic nitrogens is 3. The molecule has 1 aliphatic rings. The highest BCUT2D eigenvalue weighted by Crippen LogP contribution is 2.24. The van der Waals surface area contributed by atoms with Gasteiger partial charge in [-0.05, 0) is 19.9 Å². The average molecular weight is 224 g/mol. The second-order valence-electron chi connectivity index (χ2n) is 4.25. The van der Waals surface area contributed by atoms with Gasteiger partial charge in [0.15, 0.2) is 5.82 Å². The molecular formula is C11H20N4O. The fourth-order valence-electron chi connectivity index (χ4n) is 2.02. The first-order chi connectivity index (χ1) is 7.81. The molecule has 5 nitrogen and oxygen atoms in total. The summed E-state index contributed by atoms with van der Waals surface area (Å²) in [5, 5.41) is 7.64. The lowest BCUT2D eigenvalue weighted by atomic mass is 10.00. The summed E-state index contributed by atoms with van der Waals surface area (Å²) < 4.78 is 7.26. The molecule has 1 aliphatic heterocycles. The van der Waals surface area contributed by atoms with E-state index in [4.69, 9.17) is 4.74 Å². The second kappa shape index (κ2) is 5.41. The molecule has 1 aromatic rings. The molecule has 1 aromatic heterocycles. The summed E-state index contributed by atoms with van der Waals surface area (Å²) in [6.07, 6.45) is 3.04. The Labute approximate surface area is 96.2 Å². The molecule has 1 N–H and O–H groups in total. The zero-order valence-electron chi connectivity index (χ0n) is 10.1. The Morgan fingerprint density at radius 2 is 2.19 bits per heavy atom. The van der Waals surface area contributed by atoms with Gasteiger partial charge in [0.2, 0.25) is 0 Å². The molecule has 0 spiro atoms. The number of aryl methyl sites for hydroxylation is 1. The van der Waals surface area contributed by atoms with Crippen LogP contribution >= 0.6 is 0 Å². The third-order valence-corrected chi connectivity index (χ3v) is 3.05. The molecule has 2 rings (SSSR count). The number of hydrogen-bond donors (Lipinski definition) is 1. The topological polar surface area (TPSA) is 52.0 Å². The maximum absolute atomic E-state index is 5.35. The van der Waals surface area contributed by atoms with E-state index in [1.54, 1.807) is 0 Å². The van der Waals surface area contributed by atoms with Gasteiger partial charge in [0.1, 0.15) is 5.82 Å². The van der Waals surface area contributed by atoms with Crippen LogP contribution in [-0.4, -0.2) is 41.6 Å². The normalized spacial score (nSPS) is 17.9. The van der Waals surface area contributed by atoms with Crippen LogP contribution in [0, 0.1) is 0 Å². The Kier molecular flexibility index (Phi) is 3.90. The fraction of sp³-hybridized carbons (Fsp3) is 0.818. The molecule has 0 amide bonds. The van der Waals surface area contributed by atoms with E-state index in [-0.39, 0.29) is 0 Å². The first kappa shape index (κ1) is 11.5. The maximum Gasteiger partial charge on any atom is 0.154 e. The number of hydrogen-bond acceptors (Lipinski definition) is 4. The Balaban J connectivity index is 2.03. The Hall–Kier alpha value is -0.940. The average Bonchev–Trinajstić information content (AvgIpc) is 2.69. The van der Waals surface area contributed by atoms with Crippen molar-refractivity contribution in [3.05, 3.63) is 11.6 Å². The molecule has 16 heavy (non-hydrogen) atoms. The highest BCUT2D eigenvalue weighted by Gasteiger charge is 2.20. The first-order valence-electron chi connectivity index (χ1n) is 5.93. The molecular weight excluding hydrogens is 204 g/mol. The van der Waals surface area contributed by atoms with Crippen LogP contribution in [0.25, 0.3) is 0 Å². The molecule has 0 radical (unpaired) electrons. The van der Waals surface area contributed by atoms with Crippen molar-refractivity contribution in [2.75, 3.05) is 26.8 Å². The zero-order chi connectivity index (χ0) is 11.4. The van der Waals surface area contributed by atoms with E-state index >= 15 is 0 Å². The minimum Gasteiger partial charge on any atom is -0.381 e. The summed E-state index contributed by atoms with van der Waals surface area (Å²) in [5.74, 6) is 2.55. The van der Waals surface area contributed by atoms with Crippen molar-refractivity contribution >= 4 is 0 Å². The van der Waals surface area contributed by atoms with Crippen LogP contribution in [0.2, 0.25) is 0 Å². The van der Waals surface area contributed by atoms with Crippen LogP contribution in [0.3, 0.4) is 0 Å². The van der Waals surface area contributed by atoms with Gasteiger partial charge in [-0.2, -0.15) is 5.10 Å². The summed E-state index contributed by atoms with van der Waals surface area (Å²) in [4.78, 5) is 4.63. The van der Waals surface area contributed by atoms with Crippen molar-refractivity contribution in [3.8, 4) is 0 Å². The van der Waals surface area contributed by atoms with Crippen molar-refractivity contribution in [1.82, 2.24) is 20.1 Å². The van der Waals surface area contributed by atoms with Crippen LogP contribution < -0.4 is 5.32 Å². The molecule has 0 saturated carbocycles. The van der Waals surface area contributed by atoms with Gasteiger partial charge in [-0.15, -0.1) is 0 Å². The molecule has 5 heteroatoms. The summed E-state index contributed by atoms with van der Waals surface area (Å²) in [6.45, 7) is 2.63. The fourth-order valence-corrected chi connectivity index (χ4v) is 2.02. The summed E-state index contributed by atoms with van der Waals surface area (Å²) in [7, 11) is 3.93. The lowest BCUT2D eigenvalue weighted by Gasteiger charge is -2.18. The smallest absolute Gasteiger partial charge is 0.154 e. The maximum atomic E-state index is 5.35. The van der Waals surface area contributed by atoms with Crippen LogP contribution in [0.4, 0.5) is 0 Å². The van der Waals surface area contributed by atoms with Crippen molar-refractivity contribution in [3.63, 3.8) is 0 Å². The summed E-state index contributed by atoms with van der Waals surface area (Å²) >= 11 is 0. The van der Waals surface area contributed by atoms with Crippen molar-refractivity contribution in [1.29, 1.82) is 0 Å². The zero-order valence-corrected chi connectivity index (χ0v) is 10.1. The van der Waals surface area contributed by atoms with Gasteiger partial charge in [0.25, 0.3) is 0 Å². The van der Waals surface area contributed by atoms with Gasteiger partial charge in [-0.3, -0.25) is 4.68 Å². The number of nitrogens with zero attached hydrogens (tertiary/aromatic N) is 3. The van der Waals surface area contributed by atoms with Crippen molar-refractivity contribution in [2.45, 2.75) is 25.2 Å². The van der Waals surface area contributed by atoms with E-state index in [2.05, 4.69) is 15.4 Å². The third-order valence-electron chi connectivity index (χ3n) is 3.05. The number of ether oxygens (including phenoxy) is 1. The number of likely N-dealkylation sites (N-methyl/N-ethyl adjacent to an activating group) is 1. The van der Waals surface area contributed by atoms with E-state index in [0.717, 1.165) is 50.7 Å². The molecule has 1 saturated heterocycles. The Morgan fingerprint density at radius 3 is 2.88 bits per heavy atom. The van der Waals surface area contributed by atoms with E-state index in [0.29, 0.717) is 5.92 Å². The second-order valence-corrected chi connectivity index (χ2v) is 4.25. The molecule has 0 atom stereocenters. The molecule has 90 valence electrons. The van der Waals surface area contributed by atoms with Crippen LogP contribution in [0.5, 0.6) is 0 Å². The van der Waals surface area contributed by atoms with Gasteiger partial charge in [0.05, 0.1) is 0 Å². The minimum absolute atomic E-state index is 0.489. The predicted molar refractivity (Wildman–Crippen MR) is 61.4 cm³/mol. The highest BCUT2D eigenvalue weighted by molar-refractivity contribution is 5.00. The van der Waals surface area contributed by atoms with Crippen molar-refractivity contribution in [2.24, 2.45) is 7.05 Å². The first-order valence-corrected chi connectivity index (χ1v) is 5.93. The van der Waals surface area contributed by atoms with Gasteiger partial charge in [-0.1, -0.05) is 0 Å². The Morgan fingerprint density at radius 1 is 1.44 bits per heavy atom. The lowest BCUT2D eigenvalue weighted by molar-refractivity contribution is 0.0835.